The number of rotatable bonds is 2. The fourth-order valence-corrected chi connectivity index (χ4v) is 4.21. The minimum atomic E-state index is 0.758. The Labute approximate surface area is 144 Å². The Balaban J connectivity index is 1.88. The van der Waals surface area contributed by atoms with Crippen LogP contribution in [-0.2, 0) is 0 Å². The molecule has 0 aliphatic heterocycles. The molecule has 1 aromatic heterocycles. The van der Waals surface area contributed by atoms with Gasteiger partial charge in [-0.05, 0) is 73.7 Å². The van der Waals surface area contributed by atoms with Crippen LogP contribution in [0.15, 0.2) is 42.6 Å². The third-order valence-electron chi connectivity index (χ3n) is 5.68. The van der Waals surface area contributed by atoms with Crippen molar-refractivity contribution in [3.05, 3.63) is 64.8 Å². The summed E-state index contributed by atoms with van der Waals surface area (Å²) < 4.78 is 0. The normalized spacial score (nSPS) is 15.3. The average molecular weight is 315 g/mol. The van der Waals surface area contributed by atoms with Gasteiger partial charge in [0.15, 0.2) is 0 Å². The van der Waals surface area contributed by atoms with E-state index in [1.54, 1.807) is 0 Å². The van der Waals surface area contributed by atoms with E-state index in [-0.39, 0.29) is 0 Å². The maximum Gasteiger partial charge on any atom is 0.0783 e. The number of pyridine rings is 1. The standard InChI is InChI=1S/C23H25N/c1-15-12-16(2)17(3)22(13-15)23-21-9-8-19(18-6-4-5-7-18)14-20(21)10-11-24-23/h8-14,18H,4-7H2,1-3H3. The van der Waals surface area contributed by atoms with Crippen LogP contribution in [0.25, 0.3) is 22.0 Å². The summed E-state index contributed by atoms with van der Waals surface area (Å²) in [6.07, 6.45) is 7.42. The van der Waals surface area contributed by atoms with Crippen LogP contribution in [0.4, 0.5) is 0 Å². The van der Waals surface area contributed by atoms with Crippen LogP contribution in [-0.4, -0.2) is 4.98 Å². The molecule has 0 spiro atoms. The lowest BCUT2D eigenvalue weighted by Gasteiger charge is -2.14. The van der Waals surface area contributed by atoms with E-state index in [2.05, 4.69) is 57.2 Å². The highest BCUT2D eigenvalue weighted by atomic mass is 14.7. The molecule has 1 saturated carbocycles. The van der Waals surface area contributed by atoms with Gasteiger partial charge < -0.3 is 0 Å². The van der Waals surface area contributed by atoms with Gasteiger partial charge in [0.1, 0.15) is 0 Å². The van der Waals surface area contributed by atoms with Crippen LogP contribution >= 0.6 is 0 Å². The molecule has 24 heavy (non-hydrogen) atoms. The molecule has 2 aromatic carbocycles. The first-order valence-electron chi connectivity index (χ1n) is 9.10. The van der Waals surface area contributed by atoms with Gasteiger partial charge in [0.05, 0.1) is 5.69 Å². The Morgan fingerprint density at radius 3 is 2.50 bits per heavy atom. The third-order valence-corrected chi connectivity index (χ3v) is 5.68. The number of aryl methyl sites for hydroxylation is 2. The molecule has 0 atom stereocenters. The number of fused-ring (bicyclic) bond motifs is 1. The maximum absolute atomic E-state index is 4.75. The molecule has 0 unspecified atom stereocenters. The van der Waals surface area contributed by atoms with Gasteiger partial charge in [-0.1, -0.05) is 42.7 Å². The number of aromatic nitrogens is 1. The first kappa shape index (κ1) is 15.4. The Morgan fingerprint density at radius 2 is 1.71 bits per heavy atom. The van der Waals surface area contributed by atoms with Crippen molar-refractivity contribution < 1.29 is 0 Å². The molecule has 1 heterocycles. The fourth-order valence-electron chi connectivity index (χ4n) is 4.21. The van der Waals surface area contributed by atoms with Gasteiger partial charge in [-0.15, -0.1) is 0 Å². The zero-order valence-corrected chi connectivity index (χ0v) is 14.9. The van der Waals surface area contributed by atoms with Crippen LogP contribution in [0.2, 0.25) is 0 Å². The summed E-state index contributed by atoms with van der Waals surface area (Å²) >= 11 is 0. The van der Waals surface area contributed by atoms with Crippen molar-refractivity contribution in [3.8, 4) is 11.3 Å². The lowest BCUT2D eigenvalue weighted by molar-refractivity contribution is 0.724. The Bertz CT molecular complexity index is 901. The highest BCUT2D eigenvalue weighted by Gasteiger charge is 2.18. The molecule has 0 N–H and O–H groups in total. The highest BCUT2D eigenvalue weighted by molar-refractivity contribution is 5.95. The van der Waals surface area contributed by atoms with Gasteiger partial charge in [-0.3, -0.25) is 4.98 Å². The molecule has 1 nitrogen and oxygen atoms in total. The minimum Gasteiger partial charge on any atom is -0.256 e. The molecule has 1 heteroatoms. The van der Waals surface area contributed by atoms with Crippen molar-refractivity contribution in [3.63, 3.8) is 0 Å². The van der Waals surface area contributed by atoms with Gasteiger partial charge in [-0.2, -0.15) is 0 Å². The van der Waals surface area contributed by atoms with E-state index in [9.17, 15) is 0 Å². The van der Waals surface area contributed by atoms with Crippen LogP contribution in [0, 0.1) is 20.8 Å². The van der Waals surface area contributed by atoms with E-state index in [1.807, 2.05) is 6.20 Å². The van der Waals surface area contributed by atoms with Gasteiger partial charge >= 0.3 is 0 Å². The van der Waals surface area contributed by atoms with Gasteiger partial charge in [0.25, 0.3) is 0 Å². The summed E-state index contributed by atoms with van der Waals surface area (Å²) in [6, 6.07) is 13.7. The fraction of sp³-hybridized carbons (Fsp3) is 0.348. The lowest BCUT2D eigenvalue weighted by Crippen LogP contribution is -1.95. The van der Waals surface area contributed by atoms with Gasteiger partial charge in [0.2, 0.25) is 0 Å². The molecule has 0 bridgehead atoms. The summed E-state index contributed by atoms with van der Waals surface area (Å²) in [7, 11) is 0. The number of nitrogens with zero attached hydrogens (tertiary/aromatic N) is 1. The van der Waals surface area contributed by atoms with E-state index in [0.29, 0.717) is 0 Å². The highest BCUT2D eigenvalue weighted by Crippen LogP contribution is 2.37. The topological polar surface area (TPSA) is 12.9 Å². The summed E-state index contributed by atoms with van der Waals surface area (Å²) in [5, 5.41) is 2.59. The van der Waals surface area contributed by atoms with E-state index in [4.69, 9.17) is 4.98 Å². The Morgan fingerprint density at radius 1 is 0.917 bits per heavy atom. The molecule has 0 amide bonds. The molecule has 1 aliphatic carbocycles. The first-order chi connectivity index (χ1) is 11.6. The summed E-state index contributed by atoms with van der Waals surface area (Å²) in [4.78, 5) is 4.75. The minimum absolute atomic E-state index is 0.758. The molecule has 1 aliphatic rings. The van der Waals surface area contributed by atoms with Gasteiger partial charge in [-0.25, -0.2) is 0 Å². The number of benzene rings is 2. The molecular formula is C23H25N. The van der Waals surface area contributed by atoms with Crippen molar-refractivity contribution in [1.82, 2.24) is 4.98 Å². The second-order valence-electron chi connectivity index (χ2n) is 7.38. The van der Waals surface area contributed by atoms with Crippen LogP contribution < -0.4 is 0 Å². The monoisotopic (exact) mass is 315 g/mol. The van der Waals surface area contributed by atoms with Crippen molar-refractivity contribution in [2.75, 3.05) is 0 Å². The second kappa shape index (κ2) is 6.05. The summed E-state index contributed by atoms with van der Waals surface area (Å²) in [6.45, 7) is 6.56. The Hall–Kier alpha value is -2.15. The number of hydrogen-bond donors (Lipinski definition) is 0. The average Bonchev–Trinajstić information content (AvgIpc) is 3.12. The largest absolute Gasteiger partial charge is 0.256 e. The number of hydrogen-bond acceptors (Lipinski definition) is 1. The summed E-state index contributed by atoms with van der Waals surface area (Å²) in [5.74, 6) is 0.758. The van der Waals surface area contributed by atoms with Crippen molar-refractivity contribution in [2.45, 2.75) is 52.4 Å². The molecule has 1 fully saturated rings. The summed E-state index contributed by atoms with van der Waals surface area (Å²) in [5.41, 5.74) is 7.87. The molecular weight excluding hydrogens is 290 g/mol. The van der Waals surface area contributed by atoms with Crippen molar-refractivity contribution >= 4 is 10.8 Å². The van der Waals surface area contributed by atoms with Crippen LogP contribution in [0.1, 0.15) is 53.9 Å². The lowest BCUT2D eigenvalue weighted by atomic mass is 9.92. The van der Waals surface area contributed by atoms with E-state index in [0.717, 1.165) is 11.6 Å². The molecule has 122 valence electrons. The zero-order valence-electron chi connectivity index (χ0n) is 14.9. The van der Waals surface area contributed by atoms with Crippen LogP contribution in [0.3, 0.4) is 0 Å². The van der Waals surface area contributed by atoms with Gasteiger partial charge in [0, 0.05) is 17.1 Å². The van der Waals surface area contributed by atoms with E-state index >= 15 is 0 Å². The third kappa shape index (κ3) is 2.62. The molecule has 3 aromatic rings. The smallest absolute Gasteiger partial charge is 0.0783 e. The van der Waals surface area contributed by atoms with Crippen molar-refractivity contribution in [1.29, 1.82) is 0 Å². The zero-order chi connectivity index (χ0) is 16.7. The second-order valence-corrected chi connectivity index (χ2v) is 7.38. The predicted molar refractivity (Wildman–Crippen MR) is 103 cm³/mol. The van der Waals surface area contributed by atoms with E-state index < -0.39 is 0 Å². The molecule has 0 radical (unpaired) electrons. The SMILES string of the molecule is Cc1cc(C)c(C)c(-c2nccc3cc(C4CCCC4)ccc23)c1. The van der Waals surface area contributed by atoms with E-state index in [1.165, 1.54) is 64.3 Å². The maximum atomic E-state index is 4.75. The predicted octanol–water partition coefficient (Wildman–Crippen LogP) is 6.48. The quantitative estimate of drug-likeness (QED) is 0.527. The molecule has 4 rings (SSSR count). The Kier molecular flexibility index (Phi) is 3.88. The first-order valence-corrected chi connectivity index (χ1v) is 9.10. The molecule has 0 saturated heterocycles. The van der Waals surface area contributed by atoms with Crippen molar-refractivity contribution in [2.24, 2.45) is 0 Å². The van der Waals surface area contributed by atoms with Crippen LogP contribution in [0.5, 0.6) is 0 Å².